The Morgan fingerprint density at radius 2 is 2.22 bits per heavy atom. The Morgan fingerprint density at radius 1 is 1.50 bits per heavy atom. The molecule has 1 aliphatic rings. The van der Waals surface area contributed by atoms with Gasteiger partial charge in [-0.3, -0.25) is 10.1 Å². The minimum atomic E-state index is -0.361. The molecule has 1 unspecified atom stereocenters. The van der Waals surface area contributed by atoms with Crippen LogP contribution in [0.5, 0.6) is 0 Å². The minimum absolute atomic E-state index is 0.118. The van der Waals surface area contributed by atoms with E-state index in [0.29, 0.717) is 12.1 Å². The lowest BCUT2D eigenvalue weighted by Gasteiger charge is -2.36. The van der Waals surface area contributed by atoms with Crippen LogP contribution in [0, 0.1) is 10.1 Å². The van der Waals surface area contributed by atoms with E-state index in [9.17, 15) is 10.1 Å². The van der Waals surface area contributed by atoms with Crippen molar-refractivity contribution in [2.75, 3.05) is 7.11 Å². The molecule has 1 fully saturated rings. The Balaban J connectivity index is 1.94. The molecule has 5 nitrogen and oxygen atoms in total. The highest BCUT2D eigenvalue weighted by atomic mass is 16.6. The van der Waals surface area contributed by atoms with Gasteiger partial charge in [0.1, 0.15) is 0 Å². The molecule has 0 radical (unpaired) electrons. The van der Waals surface area contributed by atoms with Crippen LogP contribution in [0.2, 0.25) is 0 Å². The number of benzene rings is 1. The Labute approximate surface area is 106 Å². The molecular weight excluding hydrogens is 232 g/mol. The van der Waals surface area contributed by atoms with Gasteiger partial charge in [-0.1, -0.05) is 12.1 Å². The number of hydrogen-bond donors (Lipinski definition) is 1. The minimum Gasteiger partial charge on any atom is -0.381 e. The fourth-order valence-corrected chi connectivity index (χ4v) is 2.25. The molecule has 1 saturated carbocycles. The zero-order valence-corrected chi connectivity index (χ0v) is 10.6. The van der Waals surface area contributed by atoms with E-state index in [1.54, 1.807) is 19.2 Å². The molecule has 0 saturated heterocycles. The molecule has 0 bridgehead atoms. The first-order valence-corrected chi connectivity index (χ1v) is 6.13. The van der Waals surface area contributed by atoms with E-state index in [-0.39, 0.29) is 16.7 Å². The summed E-state index contributed by atoms with van der Waals surface area (Å²) >= 11 is 0. The molecule has 1 aromatic rings. The van der Waals surface area contributed by atoms with Crippen molar-refractivity contribution in [3.05, 3.63) is 39.9 Å². The summed E-state index contributed by atoms with van der Waals surface area (Å²) in [7, 11) is 1.73. The topological polar surface area (TPSA) is 64.4 Å². The van der Waals surface area contributed by atoms with Crippen LogP contribution in [0.3, 0.4) is 0 Å². The first-order chi connectivity index (χ1) is 8.60. The van der Waals surface area contributed by atoms with Crippen molar-refractivity contribution >= 4 is 5.69 Å². The lowest BCUT2D eigenvalue weighted by atomic mass is 9.88. The van der Waals surface area contributed by atoms with Gasteiger partial charge in [0.15, 0.2) is 0 Å². The van der Waals surface area contributed by atoms with Crippen LogP contribution in [0.4, 0.5) is 5.69 Å². The van der Waals surface area contributed by atoms with Crippen LogP contribution in [-0.2, 0) is 4.74 Å². The van der Waals surface area contributed by atoms with Gasteiger partial charge in [0.05, 0.1) is 11.0 Å². The average Bonchev–Trinajstić information content (AvgIpc) is 2.33. The summed E-state index contributed by atoms with van der Waals surface area (Å²) in [5, 5.41) is 14.2. The van der Waals surface area contributed by atoms with Crippen molar-refractivity contribution in [3.63, 3.8) is 0 Å². The fraction of sp³-hybridized carbons (Fsp3) is 0.538. The van der Waals surface area contributed by atoms with E-state index in [0.717, 1.165) is 18.4 Å². The molecule has 18 heavy (non-hydrogen) atoms. The average molecular weight is 250 g/mol. The summed E-state index contributed by atoms with van der Waals surface area (Å²) in [6, 6.07) is 7.35. The standard InChI is InChI=1S/C13H18N2O3/c1-9(14-11-7-13(8-11)18-2)10-4-3-5-12(6-10)15(16)17/h3-6,9,11,13-14H,7-8H2,1-2H3. The summed E-state index contributed by atoms with van der Waals surface area (Å²) in [6.07, 6.45) is 2.38. The summed E-state index contributed by atoms with van der Waals surface area (Å²) in [6.45, 7) is 2.03. The van der Waals surface area contributed by atoms with Crippen molar-refractivity contribution in [3.8, 4) is 0 Å². The van der Waals surface area contributed by atoms with Crippen molar-refractivity contribution in [2.45, 2.75) is 38.0 Å². The molecule has 1 atom stereocenters. The van der Waals surface area contributed by atoms with Crippen molar-refractivity contribution in [1.82, 2.24) is 5.32 Å². The third-order valence-corrected chi connectivity index (χ3v) is 3.49. The van der Waals surface area contributed by atoms with Gasteiger partial charge >= 0.3 is 0 Å². The van der Waals surface area contributed by atoms with Gasteiger partial charge < -0.3 is 10.1 Å². The summed E-state index contributed by atoms with van der Waals surface area (Å²) in [4.78, 5) is 10.4. The second kappa shape index (κ2) is 5.46. The van der Waals surface area contributed by atoms with Gasteiger partial charge in [0.2, 0.25) is 0 Å². The van der Waals surface area contributed by atoms with E-state index in [1.165, 1.54) is 6.07 Å². The second-order valence-corrected chi connectivity index (χ2v) is 4.77. The molecule has 5 heteroatoms. The largest absolute Gasteiger partial charge is 0.381 e. The Hall–Kier alpha value is -1.46. The van der Waals surface area contributed by atoms with Gasteiger partial charge in [0, 0.05) is 31.3 Å². The van der Waals surface area contributed by atoms with E-state index < -0.39 is 0 Å². The van der Waals surface area contributed by atoms with Crippen LogP contribution >= 0.6 is 0 Å². The first-order valence-electron chi connectivity index (χ1n) is 6.13. The number of ether oxygens (including phenoxy) is 1. The van der Waals surface area contributed by atoms with Crippen LogP contribution in [0.25, 0.3) is 0 Å². The maximum Gasteiger partial charge on any atom is 0.269 e. The Kier molecular flexibility index (Phi) is 3.93. The van der Waals surface area contributed by atoms with Crippen LogP contribution in [-0.4, -0.2) is 24.2 Å². The molecule has 0 amide bonds. The normalized spacial score (nSPS) is 24.3. The molecule has 0 heterocycles. The lowest BCUT2D eigenvalue weighted by Crippen LogP contribution is -2.45. The summed E-state index contributed by atoms with van der Waals surface area (Å²) < 4.78 is 5.22. The second-order valence-electron chi connectivity index (χ2n) is 4.77. The van der Waals surface area contributed by atoms with E-state index >= 15 is 0 Å². The SMILES string of the molecule is COC1CC(NC(C)c2cccc([N+](=O)[O-])c2)C1. The summed E-state index contributed by atoms with van der Waals surface area (Å²) in [5.41, 5.74) is 1.09. The van der Waals surface area contributed by atoms with Gasteiger partial charge in [0.25, 0.3) is 5.69 Å². The number of nitrogens with one attached hydrogen (secondary N) is 1. The van der Waals surface area contributed by atoms with Gasteiger partial charge in [-0.15, -0.1) is 0 Å². The number of methoxy groups -OCH3 is 1. The lowest BCUT2D eigenvalue weighted by molar-refractivity contribution is -0.384. The predicted octanol–water partition coefficient (Wildman–Crippen LogP) is 2.42. The number of nitro groups is 1. The highest BCUT2D eigenvalue weighted by Gasteiger charge is 2.29. The molecule has 1 N–H and O–H groups in total. The fourth-order valence-electron chi connectivity index (χ4n) is 2.25. The van der Waals surface area contributed by atoms with Crippen molar-refractivity contribution in [2.24, 2.45) is 0 Å². The van der Waals surface area contributed by atoms with Crippen LogP contribution < -0.4 is 5.32 Å². The molecular formula is C13H18N2O3. The van der Waals surface area contributed by atoms with Crippen LogP contribution in [0.15, 0.2) is 24.3 Å². The summed E-state index contributed by atoms with van der Waals surface area (Å²) in [5.74, 6) is 0. The van der Waals surface area contributed by atoms with E-state index in [1.807, 2.05) is 13.0 Å². The van der Waals surface area contributed by atoms with E-state index in [4.69, 9.17) is 4.74 Å². The maximum absolute atomic E-state index is 10.7. The van der Waals surface area contributed by atoms with Crippen LogP contribution in [0.1, 0.15) is 31.4 Å². The number of non-ortho nitro benzene ring substituents is 1. The monoisotopic (exact) mass is 250 g/mol. The highest BCUT2D eigenvalue weighted by molar-refractivity contribution is 5.35. The number of hydrogen-bond acceptors (Lipinski definition) is 4. The number of nitro benzene ring substituents is 1. The van der Waals surface area contributed by atoms with Crippen molar-refractivity contribution in [1.29, 1.82) is 0 Å². The zero-order valence-electron chi connectivity index (χ0n) is 10.6. The Bertz CT molecular complexity index is 430. The molecule has 0 spiro atoms. The molecule has 0 aliphatic heterocycles. The van der Waals surface area contributed by atoms with E-state index in [2.05, 4.69) is 5.32 Å². The Morgan fingerprint density at radius 3 is 2.83 bits per heavy atom. The smallest absolute Gasteiger partial charge is 0.269 e. The first kappa shape index (κ1) is 13.0. The molecule has 98 valence electrons. The third kappa shape index (κ3) is 2.86. The molecule has 1 aliphatic carbocycles. The maximum atomic E-state index is 10.7. The molecule has 1 aromatic carbocycles. The molecule has 0 aromatic heterocycles. The molecule has 2 rings (SSSR count). The van der Waals surface area contributed by atoms with Crippen molar-refractivity contribution < 1.29 is 9.66 Å². The zero-order chi connectivity index (χ0) is 13.1. The number of nitrogens with zero attached hydrogens (tertiary/aromatic N) is 1. The highest BCUT2D eigenvalue weighted by Crippen LogP contribution is 2.26. The van der Waals surface area contributed by atoms with Gasteiger partial charge in [-0.05, 0) is 25.3 Å². The predicted molar refractivity (Wildman–Crippen MR) is 68.5 cm³/mol. The quantitative estimate of drug-likeness (QED) is 0.644. The van der Waals surface area contributed by atoms with Gasteiger partial charge in [-0.2, -0.15) is 0 Å². The third-order valence-electron chi connectivity index (χ3n) is 3.49. The van der Waals surface area contributed by atoms with Gasteiger partial charge in [-0.25, -0.2) is 0 Å². The number of rotatable bonds is 5.